The number of carbonyl (C=O) groups excluding carboxylic acids is 1. The van der Waals surface area contributed by atoms with Crippen LogP contribution in [0.25, 0.3) is 0 Å². The molecule has 0 saturated carbocycles. The standard InChI is InChI=1S/C14H26O5Si/c1-5-13(15)19-10-8-12-20(18-4)11-7-6-9-14(20,16-2)17-3/h5H,1,6-12H2,2-4H3. The summed E-state index contributed by atoms with van der Waals surface area (Å²) in [4.78, 5) is 11.0. The summed E-state index contributed by atoms with van der Waals surface area (Å²) in [7, 11) is 2.95. The van der Waals surface area contributed by atoms with Crippen LogP contribution in [0.15, 0.2) is 12.7 Å². The van der Waals surface area contributed by atoms with Crippen LogP contribution < -0.4 is 0 Å². The molecule has 0 aromatic rings. The number of ether oxygens (including phenoxy) is 3. The van der Waals surface area contributed by atoms with Gasteiger partial charge in [0.15, 0.2) is 5.41 Å². The molecule has 0 aliphatic carbocycles. The molecule has 1 atom stereocenters. The van der Waals surface area contributed by atoms with Gasteiger partial charge in [-0.3, -0.25) is 0 Å². The van der Waals surface area contributed by atoms with Crippen LogP contribution in [0, 0.1) is 0 Å². The predicted octanol–water partition coefficient (Wildman–Crippen LogP) is 2.41. The summed E-state index contributed by atoms with van der Waals surface area (Å²) in [6, 6.07) is 1.87. The molecular weight excluding hydrogens is 276 g/mol. The van der Waals surface area contributed by atoms with E-state index in [1.165, 1.54) is 6.08 Å². The molecule has 116 valence electrons. The van der Waals surface area contributed by atoms with Crippen LogP contribution >= 0.6 is 0 Å². The summed E-state index contributed by atoms with van der Waals surface area (Å²) in [5.74, 6) is -0.383. The lowest BCUT2D eigenvalue weighted by Gasteiger charge is -2.48. The highest BCUT2D eigenvalue weighted by Gasteiger charge is 2.57. The zero-order valence-corrected chi connectivity index (χ0v) is 13.8. The minimum atomic E-state index is -2.18. The van der Waals surface area contributed by atoms with Crippen molar-refractivity contribution < 1.29 is 23.4 Å². The maximum atomic E-state index is 11.0. The second-order valence-electron chi connectivity index (χ2n) is 5.04. The zero-order chi connectivity index (χ0) is 15.1. The van der Waals surface area contributed by atoms with E-state index < -0.39 is 13.7 Å². The lowest BCUT2D eigenvalue weighted by Crippen LogP contribution is -2.64. The third kappa shape index (κ3) is 3.49. The van der Waals surface area contributed by atoms with Gasteiger partial charge in [-0.1, -0.05) is 13.0 Å². The van der Waals surface area contributed by atoms with E-state index in [1.54, 1.807) is 21.3 Å². The molecule has 1 saturated heterocycles. The summed E-state index contributed by atoms with van der Waals surface area (Å²) in [6.07, 6.45) is 5.03. The molecular formula is C14H26O5Si. The van der Waals surface area contributed by atoms with Gasteiger partial charge in [0.25, 0.3) is 8.32 Å². The van der Waals surface area contributed by atoms with E-state index in [0.717, 1.165) is 37.8 Å². The van der Waals surface area contributed by atoms with Gasteiger partial charge in [0.1, 0.15) is 0 Å². The smallest absolute Gasteiger partial charge is 0.330 e. The molecule has 0 radical (unpaired) electrons. The highest BCUT2D eigenvalue weighted by molar-refractivity contribution is 6.76. The maximum absolute atomic E-state index is 11.0. The first-order valence-electron chi connectivity index (χ1n) is 7.04. The summed E-state index contributed by atoms with van der Waals surface area (Å²) < 4.78 is 22.4. The average Bonchev–Trinajstić information content (AvgIpc) is 2.51. The fourth-order valence-electron chi connectivity index (χ4n) is 3.11. The topological polar surface area (TPSA) is 54.0 Å². The number of hydrogen-bond acceptors (Lipinski definition) is 5. The molecule has 0 spiro atoms. The van der Waals surface area contributed by atoms with Crippen LogP contribution in [0.3, 0.4) is 0 Å². The van der Waals surface area contributed by atoms with Crippen molar-refractivity contribution in [2.24, 2.45) is 0 Å². The third-order valence-corrected chi connectivity index (χ3v) is 9.37. The SMILES string of the molecule is C=CC(=O)OCCC[Si]1(OC)CCCCC1(OC)OC. The summed E-state index contributed by atoms with van der Waals surface area (Å²) in [5, 5.41) is 0. The molecule has 1 heterocycles. The van der Waals surface area contributed by atoms with E-state index in [9.17, 15) is 4.79 Å². The van der Waals surface area contributed by atoms with Gasteiger partial charge in [0.05, 0.1) is 6.61 Å². The van der Waals surface area contributed by atoms with Crippen LogP contribution in [0.1, 0.15) is 25.7 Å². The van der Waals surface area contributed by atoms with Gasteiger partial charge < -0.3 is 18.6 Å². The quantitative estimate of drug-likeness (QED) is 0.227. The fraction of sp³-hybridized carbons (Fsp3) is 0.786. The van der Waals surface area contributed by atoms with Crippen LogP contribution in [-0.2, 0) is 23.4 Å². The van der Waals surface area contributed by atoms with E-state index >= 15 is 0 Å². The normalized spacial score (nSPS) is 25.1. The van der Waals surface area contributed by atoms with E-state index in [0.29, 0.717) is 6.61 Å². The minimum Gasteiger partial charge on any atom is -0.463 e. The highest BCUT2D eigenvalue weighted by Crippen LogP contribution is 2.42. The third-order valence-electron chi connectivity index (χ3n) is 4.22. The Morgan fingerprint density at radius 2 is 2.00 bits per heavy atom. The van der Waals surface area contributed by atoms with Crippen molar-refractivity contribution in [3.05, 3.63) is 12.7 Å². The Labute approximate surface area is 122 Å². The van der Waals surface area contributed by atoms with Crippen molar-refractivity contribution in [1.82, 2.24) is 0 Å². The predicted molar refractivity (Wildman–Crippen MR) is 78.8 cm³/mol. The fourth-order valence-corrected chi connectivity index (χ4v) is 7.75. The molecule has 1 fully saturated rings. The molecule has 1 aliphatic heterocycles. The van der Waals surface area contributed by atoms with E-state index in [-0.39, 0.29) is 5.97 Å². The molecule has 1 aliphatic rings. The molecule has 1 rings (SSSR count). The van der Waals surface area contributed by atoms with Gasteiger partial charge in [-0.25, -0.2) is 4.79 Å². The first kappa shape index (κ1) is 17.4. The van der Waals surface area contributed by atoms with Crippen LogP contribution in [-0.4, -0.2) is 47.6 Å². The van der Waals surface area contributed by atoms with Crippen LogP contribution in [0.2, 0.25) is 12.1 Å². The monoisotopic (exact) mass is 302 g/mol. The molecule has 5 nitrogen and oxygen atoms in total. The largest absolute Gasteiger partial charge is 0.463 e. The number of methoxy groups -OCH3 is 2. The first-order valence-corrected chi connectivity index (χ1v) is 9.36. The lowest BCUT2D eigenvalue weighted by atomic mass is 10.2. The number of carbonyl (C=O) groups is 1. The van der Waals surface area contributed by atoms with Crippen molar-refractivity contribution in [3.8, 4) is 0 Å². The Balaban J connectivity index is 2.67. The van der Waals surface area contributed by atoms with Crippen LogP contribution in [0.5, 0.6) is 0 Å². The van der Waals surface area contributed by atoms with Crippen molar-refractivity contribution >= 4 is 14.3 Å². The Hall–Kier alpha value is -0.693. The molecule has 1 unspecified atom stereocenters. The highest BCUT2D eigenvalue weighted by atomic mass is 28.4. The van der Waals surface area contributed by atoms with Crippen molar-refractivity contribution in [2.45, 2.75) is 43.2 Å². The Morgan fingerprint density at radius 3 is 2.55 bits per heavy atom. The summed E-state index contributed by atoms with van der Waals surface area (Å²) in [5.41, 5.74) is -0.581. The van der Waals surface area contributed by atoms with E-state index in [2.05, 4.69) is 6.58 Å². The zero-order valence-electron chi connectivity index (χ0n) is 12.8. The number of rotatable bonds is 8. The van der Waals surface area contributed by atoms with Gasteiger partial charge in [0, 0.05) is 33.8 Å². The molecule has 0 N–H and O–H groups in total. The average molecular weight is 302 g/mol. The minimum absolute atomic E-state index is 0.381. The van der Waals surface area contributed by atoms with Crippen molar-refractivity contribution in [1.29, 1.82) is 0 Å². The van der Waals surface area contributed by atoms with Gasteiger partial charge in [0.2, 0.25) is 0 Å². The second-order valence-corrected chi connectivity index (χ2v) is 9.20. The molecule has 0 aromatic heterocycles. The molecule has 0 aromatic carbocycles. The summed E-state index contributed by atoms with van der Waals surface area (Å²) >= 11 is 0. The van der Waals surface area contributed by atoms with E-state index in [1.807, 2.05) is 0 Å². The lowest BCUT2D eigenvalue weighted by molar-refractivity contribution is -0.170. The number of hydrogen-bond donors (Lipinski definition) is 0. The van der Waals surface area contributed by atoms with Gasteiger partial charge in [-0.05, 0) is 24.9 Å². The Bertz CT molecular complexity index is 330. The van der Waals surface area contributed by atoms with E-state index in [4.69, 9.17) is 18.6 Å². The number of esters is 1. The summed E-state index contributed by atoms with van der Waals surface area (Å²) in [6.45, 7) is 3.76. The molecule has 0 bridgehead atoms. The second kappa shape index (κ2) is 7.92. The molecule has 6 heteroatoms. The first-order chi connectivity index (χ1) is 9.59. The Morgan fingerprint density at radius 1 is 1.30 bits per heavy atom. The molecule has 0 amide bonds. The Kier molecular flexibility index (Phi) is 6.88. The molecule has 20 heavy (non-hydrogen) atoms. The maximum Gasteiger partial charge on any atom is 0.330 e. The van der Waals surface area contributed by atoms with Gasteiger partial charge in [-0.2, -0.15) is 0 Å². The van der Waals surface area contributed by atoms with Crippen LogP contribution in [0.4, 0.5) is 0 Å². The van der Waals surface area contributed by atoms with Gasteiger partial charge >= 0.3 is 5.97 Å². The van der Waals surface area contributed by atoms with Crippen molar-refractivity contribution in [2.75, 3.05) is 27.9 Å². The van der Waals surface area contributed by atoms with Crippen molar-refractivity contribution in [3.63, 3.8) is 0 Å². The van der Waals surface area contributed by atoms with Gasteiger partial charge in [-0.15, -0.1) is 0 Å².